The van der Waals surface area contributed by atoms with Crippen molar-refractivity contribution < 1.29 is 4.74 Å². The van der Waals surface area contributed by atoms with E-state index in [0.29, 0.717) is 5.11 Å². The lowest BCUT2D eigenvalue weighted by Crippen LogP contribution is -2.37. The van der Waals surface area contributed by atoms with Crippen molar-refractivity contribution in [3.63, 3.8) is 0 Å². The van der Waals surface area contributed by atoms with E-state index in [4.69, 9.17) is 17.0 Å². The predicted molar refractivity (Wildman–Crippen MR) is 72.0 cm³/mol. The summed E-state index contributed by atoms with van der Waals surface area (Å²) >= 11 is 5.14. The second-order valence-corrected chi connectivity index (χ2v) is 4.17. The molecule has 1 aromatic heterocycles. The number of methoxy groups -OCH3 is 1. The number of hydrogen-bond donors (Lipinski definition) is 2. The molecule has 6 heteroatoms. The van der Waals surface area contributed by atoms with Crippen molar-refractivity contribution in [2.24, 2.45) is 7.05 Å². The minimum absolute atomic E-state index is 0.692. The number of aromatic nitrogens is 2. The first kappa shape index (κ1) is 13.9. The van der Waals surface area contributed by atoms with Crippen LogP contribution < -0.4 is 10.6 Å². The molecule has 0 fully saturated rings. The number of ether oxygens (including phenoxy) is 1. The Morgan fingerprint density at radius 3 is 2.88 bits per heavy atom. The zero-order chi connectivity index (χ0) is 12.5. The molecule has 0 aliphatic rings. The van der Waals surface area contributed by atoms with E-state index in [1.165, 1.54) is 0 Å². The van der Waals surface area contributed by atoms with E-state index in [1.54, 1.807) is 11.8 Å². The molecule has 0 aliphatic carbocycles. The SMILES string of the molecule is COCCCNC(=S)NCCc1ccn(C)n1. The van der Waals surface area contributed by atoms with Gasteiger partial charge in [-0.3, -0.25) is 4.68 Å². The third kappa shape index (κ3) is 6.23. The van der Waals surface area contributed by atoms with Crippen molar-refractivity contribution in [1.82, 2.24) is 20.4 Å². The topological polar surface area (TPSA) is 51.1 Å². The van der Waals surface area contributed by atoms with Gasteiger partial charge >= 0.3 is 0 Å². The summed E-state index contributed by atoms with van der Waals surface area (Å²) in [6.07, 6.45) is 3.77. The summed E-state index contributed by atoms with van der Waals surface area (Å²) in [7, 11) is 3.61. The van der Waals surface area contributed by atoms with Gasteiger partial charge in [0.05, 0.1) is 5.69 Å². The first-order valence-electron chi connectivity index (χ1n) is 5.71. The van der Waals surface area contributed by atoms with Crippen LogP contribution in [-0.2, 0) is 18.2 Å². The largest absolute Gasteiger partial charge is 0.385 e. The minimum atomic E-state index is 0.692. The monoisotopic (exact) mass is 256 g/mol. The van der Waals surface area contributed by atoms with E-state index < -0.39 is 0 Å². The van der Waals surface area contributed by atoms with E-state index in [1.807, 2.05) is 19.3 Å². The lowest BCUT2D eigenvalue weighted by atomic mass is 10.3. The average Bonchev–Trinajstić information content (AvgIpc) is 2.71. The third-order valence-electron chi connectivity index (χ3n) is 2.25. The van der Waals surface area contributed by atoms with Crippen molar-refractivity contribution >= 4 is 17.3 Å². The van der Waals surface area contributed by atoms with Crippen LogP contribution in [0.15, 0.2) is 12.3 Å². The van der Waals surface area contributed by atoms with Crippen LogP contribution in [0.5, 0.6) is 0 Å². The molecule has 5 nitrogen and oxygen atoms in total. The summed E-state index contributed by atoms with van der Waals surface area (Å²) in [6, 6.07) is 2.01. The Kier molecular flexibility index (Phi) is 6.57. The van der Waals surface area contributed by atoms with Gasteiger partial charge in [-0.05, 0) is 24.7 Å². The number of aryl methyl sites for hydroxylation is 1. The van der Waals surface area contributed by atoms with Crippen LogP contribution in [-0.4, -0.2) is 41.7 Å². The van der Waals surface area contributed by atoms with Gasteiger partial charge in [-0.25, -0.2) is 0 Å². The first-order valence-corrected chi connectivity index (χ1v) is 6.12. The highest BCUT2D eigenvalue weighted by atomic mass is 32.1. The molecule has 96 valence electrons. The quantitative estimate of drug-likeness (QED) is 0.548. The van der Waals surface area contributed by atoms with E-state index >= 15 is 0 Å². The Bertz CT molecular complexity index is 340. The van der Waals surface area contributed by atoms with E-state index in [2.05, 4.69) is 15.7 Å². The number of thiocarbonyl (C=S) groups is 1. The summed E-state index contributed by atoms with van der Waals surface area (Å²) in [5.74, 6) is 0. The molecule has 2 N–H and O–H groups in total. The molecular weight excluding hydrogens is 236 g/mol. The van der Waals surface area contributed by atoms with Crippen LogP contribution in [0.1, 0.15) is 12.1 Å². The van der Waals surface area contributed by atoms with Crippen LogP contribution in [0.4, 0.5) is 0 Å². The lowest BCUT2D eigenvalue weighted by Gasteiger charge is -2.09. The first-order chi connectivity index (χ1) is 8.22. The van der Waals surface area contributed by atoms with Crippen LogP contribution in [0.25, 0.3) is 0 Å². The van der Waals surface area contributed by atoms with E-state index in [-0.39, 0.29) is 0 Å². The molecule has 0 amide bonds. The maximum absolute atomic E-state index is 5.14. The number of rotatable bonds is 7. The number of hydrogen-bond acceptors (Lipinski definition) is 3. The highest BCUT2D eigenvalue weighted by Gasteiger charge is 1.98. The Balaban J connectivity index is 2.04. The zero-order valence-electron chi connectivity index (χ0n) is 10.4. The maximum Gasteiger partial charge on any atom is 0.166 e. The van der Waals surface area contributed by atoms with Gasteiger partial charge in [0.1, 0.15) is 0 Å². The van der Waals surface area contributed by atoms with Gasteiger partial charge in [-0.1, -0.05) is 0 Å². The number of nitrogens with zero attached hydrogens (tertiary/aromatic N) is 2. The molecular formula is C11H20N4OS. The van der Waals surface area contributed by atoms with Crippen molar-refractivity contribution in [3.05, 3.63) is 18.0 Å². The van der Waals surface area contributed by atoms with Crippen molar-refractivity contribution in [2.45, 2.75) is 12.8 Å². The molecule has 0 saturated heterocycles. The number of nitrogens with one attached hydrogen (secondary N) is 2. The average molecular weight is 256 g/mol. The van der Waals surface area contributed by atoms with Gasteiger partial charge in [-0.15, -0.1) is 0 Å². The summed E-state index contributed by atoms with van der Waals surface area (Å²) in [5.41, 5.74) is 1.07. The molecule has 0 bridgehead atoms. The fourth-order valence-corrected chi connectivity index (χ4v) is 1.59. The molecule has 1 aromatic rings. The summed E-state index contributed by atoms with van der Waals surface area (Å²) in [6.45, 7) is 2.39. The molecule has 1 heterocycles. The van der Waals surface area contributed by atoms with Crippen LogP contribution >= 0.6 is 12.2 Å². The summed E-state index contributed by atoms with van der Waals surface area (Å²) in [5, 5.41) is 11.3. The van der Waals surface area contributed by atoms with Gasteiger partial charge in [0.15, 0.2) is 5.11 Å². The Hall–Kier alpha value is -1.14. The van der Waals surface area contributed by atoms with E-state index in [9.17, 15) is 0 Å². The highest BCUT2D eigenvalue weighted by molar-refractivity contribution is 7.80. The van der Waals surface area contributed by atoms with Crippen LogP contribution in [0, 0.1) is 0 Å². The van der Waals surface area contributed by atoms with Gasteiger partial charge < -0.3 is 15.4 Å². The summed E-state index contributed by atoms with van der Waals surface area (Å²) in [4.78, 5) is 0. The van der Waals surface area contributed by atoms with Crippen molar-refractivity contribution in [1.29, 1.82) is 0 Å². The maximum atomic E-state index is 5.14. The molecule has 0 aliphatic heterocycles. The fraction of sp³-hybridized carbons (Fsp3) is 0.636. The summed E-state index contributed by atoms with van der Waals surface area (Å²) < 4.78 is 6.75. The van der Waals surface area contributed by atoms with Crippen LogP contribution in [0.3, 0.4) is 0 Å². The van der Waals surface area contributed by atoms with Crippen molar-refractivity contribution in [3.8, 4) is 0 Å². The lowest BCUT2D eigenvalue weighted by molar-refractivity contribution is 0.195. The molecule has 17 heavy (non-hydrogen) atoms. The molecule has 0 atom stereocenters. The second-order valence-electron chi connectivity index (χ2n) is 3.76. The Morgan fingerprint density at radius 1 is 1.47 bits per heavy atom. The third-order valence-corrected chi connectivity index (χ3v) is 2.54. The van der Waals surface area contributed by atoms with Crippen LogP contribution in [0.2, 0.25) is 0 Å². The van der Waals surface area contributed by atoms with Crippen molar-refractivity contribution in [2.75, 3.05) is 26.8 Å². The minimum Gasteiger partial charge on any atom is -0.385 e. The van der Waals surface area contributed by atoms with Gasteiger partial charge in [-0.2, -0.15) is 5.10 Å². The molecule has 1 rings (SSSR count). The second kappa shape index (κ2) is 8.03. The standard InChI is InChI=1S/C11H20N4OS/c1-15-8-5-10(14-15)4-7-13-11(17)12-6-3-9-16-2/h5,8H,3-4,6-7,9H2,1-2H3,(H2,12,13,17). The normalized spacial score (nSPS) is 10.2. The van der Waals surface area contributed by atoms with Gasteiger partial charge in [0.2, 0.25) is 0 Å². The molecule has 0 saturated carbocycles. The van der Waals surface area contributed by atoms with E-state index in [0.717, 1.165) is 38.2 Å². The zero-order valence-corrected chi connectivity index (χ0v) is 11.2. The molecule has 0 spiro atoms. The fourth-order valence-electron chi connectivity index (χ4n) is 1.38. The molecule has 0 unspecified atom stereocenters. The predicted octanol–water partition coefficient (Wildman–Crippen LogP) is 0.463. The molecule has 0 radical (unpaired) electrons. The molecule has 0 aromatic carbocycles. The highest BCUT2D eigenvalue weighted by Crippen LogP contribution is 1.93. The van der Waals surface area contributed by atoms with Gasteiger partial charge in [0, 0.05) is 46.5 Å². The Morgan fingerprint density at radius 2 is 2.24 bits per heavy atom. The smallest absolute Gasteiger partial charge is 0.166 e. The van der Waals surface area contributed by atoms with Gasteiger partial charge in [0.25, 0.3) is 0 Å². The Labute approximate surface area is 108 Å².